The van der Waals surface area contributed by atoms with E-state index in [2.05, 4.69) is 0 Å². The van der Waals surface area contributed by atoms with Gasteiger partial charge < -0.3 is 23.7 Å². The van der Waals surface area contributed by atoms with Crippen molar-refractivity contribution in [3.63, 3.8) is 0 Å². The summed E-state index contributed by atoms with van der Waals surface area (Å²) in [6.45, 7) is 0.937. The van der Waals surface area contributed by atoms with Crippen LogP contribution in [0.4, 0.5) is 0 Å². The molecule has 0 saturated heterocycles. The van der Waals surface area contributed by atoms with Crippen LogP contribution in [0.15, 0.2) is 127 Å². The van der Waals surface area contributed by atoms with E-state index in [1.165, 1.54) is 25.3 Å². The number of benzene rings is 5. The fraction of sp³-hybridized carbons (Fsp3) is 0.175. The first-order valence-corrected chi connectivity index (χ1v) is 15.6. The van der Waals surface area contributed by atoms with Gasteiger partial charge in [0, 0.05) is 12.8 Å². The van der Waals surface area contributed by atoms with Crippen LogP contribution < -0.4 is 18.9 Å². The van der Waals surface area contributed by atoms with Crippen LogP contribution in [-0.2, 0) is 40.4 Å². The van der Waals surface area contributed by atoms with Crippen LogP contribution in [0.25, 0.3) is 0 Å². The van der Waals surface area contributed by atoms with Crippen molar-refractivity contribution in [1.29, 1.82) is 0 Å². The van der Waals surface area contributed by atoms with Crippen molar-refractivity contribution in [2.24, 2.45) is 0 Å². The molecule has 0 amide bonds. The second-order valence-corrected chi connectivity index (χ2v) is 10.9. The molecule has 5 aromatic carbocycles. The summed E-state index contributed by atoms with van der Waals surface area (Å²) in [5.41, 5.74) is 4.01. The number of hydrogen-bond acceptors (Lipinski definition) is 8. The van der Waals surface area contributed by atoms with Crippen LogP contribution in [0.1, 0.15) is 45.5 Å². The summed E-state index contributed by atoms with van der Waals surface area (Å²) in [6.07, 6.45) is 1.10. The summed E-state index contributed by atoms with van der Waals surface area (Å²) >= 11 is 0. The van der Waals surface area contributed by atoms with Gasteiger partial charge in [-0.2, -0.15) is 0 Å². The van der Waals surface area contributed by atoms with E-state index >= 15 is 0 Å². The van der Waals surface area contributed by atoms with Crippen LogP contribution >= 0.6 is 0 Å². The minimum atomic E-state index is -0.726. The lowest BCUT2D eigenvalue weighted by atomic mass is 10.1. The normalized spacial score (nSPS) is 10.5. The third-order valence-corrected chi connectivity index (χ3v) is 7.39. The van der Waals surface area contributed by atoms with Crippen molar-refractivity contribution < 1.29 is 38.1 Å². The molecule has 0 aliphatic rings. The maximum atomic E-state index is 12.7. The molecule has 0 heterocycles. The molecule has 0 saturated carbocycles. The van der Waals surface area contributed by atoms with Crippen LogP contribution in [0.2, 0.25) is 0 Å². The minimum absolute atomic E-state index is 0.0193. The Morgan fingerprint density at radius 2 is 0.958 bits per heavy atom. The molecular formula is C40H36O8. The van der Waals surface area contributed by atoms with Crippen molar-refractivity contribution in [2.75, 3.05) is 7.11 Å². The lowest BCUT2D eigenvalue weighted by Crippen LogP contribution is -2.14. The number of carbonyl (C=O) groups is 3. The fourth-order valence-electron chi connectivity index (χ4n) is 4.77. The zero-order valence-corrected chi connectivity index (χ0v) is 26.6. The van der Waals surface area contributed by atoms with Crippen LogP contribution in [0, 0.1) is 0 Å². The molecule has 0 aromatic heterocycles. The number of hydrogen-bond donors (Lipinski definition) is 0. The van der Waals surface area contributed by atoms with Crippen molar-refractivity contribution >= 4 is 17.9 Å². The van der Waals surface area contributed by atoms with Crippen molar-refractivity contribution in [3.05, 3.63) is 155 Å². The van der Waals surface area contributed by atoms with E-state index in [1.807, 2.05) is 109 Å². The lowest BCUT2D eigenvalue weighted by Gasteiger charge is -2.12. The Kier molecular flexibility index (Phi) is 12.0. The number of aryl methyl sites for hydroxylation is 2. The van der Waals surface area contributed by atoms with E-state index in [-0.39, 0.29) is 29.9 Å². The van der Waals surface area contributed by atoms with Crippen molar-refractivity contribution in [2.45, 2.75) is 38.9 Å². The van der Waals surface area contributed by atoms with Gasteiger partial charge in [-0.3, -0.25) is 9.59 Å². The average molecular weight is 645 g/mol. The molecular weight excluding hydrogens is 608 g/mol. The molecule has 0 aliphatic carbocycles. The fourth-order valence-corrected chi connectivity index (χ4v) is 4.77. The Balaban J connectivity index is 1.08. The topological polar surface area (TPSA) is 97.4 Å². The van der Waals surface area contributed by atoms with Crippen LogP contribution in [0.5, 0.6) is 23.0 Å². The maximum absolute atomic E-state index is 12.7. The van der Waals surface area contributed by atoms with E-state index in [9.17, 15) is 14.4 Å². The first-order valence-electron chi connectivity index (χ1n) is 15.6. The molecule has 8 nitrogen and oxygen atoms in total. The van der Waals surface area contributed by atoms with E-state index in [0.717, 1.165) is 33.8 Å². The molecule has 244 valence electrons. The zero-order valence-electron chi connectivity index (χ0n) is 26.6. The van der Waals surface area contributed by atoms with Gasteiger partial charge in [-0.05, 0) is 77.6 Å². The van der Waals surface area contributed by atoms with Gasteiger partial charge in [0.1, 0.15) is 41.8 Å². The third kappa shape index (κ3) is 10.3. The Morgan fingerprint density at radius 1 is 0.500 bits per heavy atom. The number of ether oxygens (including phenoxy) is 5. The van der Waals surface area contributed by atoms with E-state index in [1.54, 1.807) is 0 Å². The summed E-state index contributed by atoms with van der Waals surface area (Å²) in [5, 5.41) is 0. The quantitative estimate of drug-likeness (QED) is 0.0845. The van der Waals surface area contributed by atoms with E-state index in [0.29, 0.717) is 26.1 Å². The van der Waals surface area contributed by atoms with Gasteiger partial charge in [-0.1, -0.05) is 84.9 Å². The Bertz CT molecular complexity index is 1780. The molecule has 8 heteroatoms. The smallest absolute Gasteiger partial charge is 0.341 e. The zero-order chi connectivity index (χ0) is 33.6. The molecule has 0 N–H and O–H groups in total. The predicted octanol–water partition coefficient (Wildman–Crippen LogP) is 7.71. The Labute approximate surface area is 279 Å². The van der Waals surface area contributed by atoms with E-state index in [4.69, 9.17) is 23.7 Å². The lowest BCUT2D eigenvalue weighted by molar-refractivity contribution is -0.135. The number of rotatable bonds is 15. The second kappa shape index (κ2) is 17.1. The highest BCUT2D eigenvalue weighted by atomic mass is 16.5. The Hall–Kier alpha value is -5.89. The summed E-state index contributed by atoms with van der Waals surface area (Å²) in [5.74, 6) is -0.100. The van der Waals surface area contributed by atoms with Gasteiger partial charge >= 0.3 is 17.9 Å². The molecule has 0 radical (unpaired) electrons. The molecule has 5 aromatic rings. The summed E-state index contributed by atoms with van der Waals surface area (Å²) in [7, 11) is 1.22. The summed E-state index contributed by atoms with van der Waals surface area (Å²) in [4.78, 5) is 37.8. The molecule has 0 aliphatic heterocycles. The largest absolute Gasteiger partial charge is 0.489 e. The molecule has 0 fully saturated rings. The monoisotopic (exact) mass is 644 g/mol. The first-order chi connectivity index (χ1) is 23.4. The Morgan fingerprint density at radius 3 is 1.44 bits per heavy atom. The van der Waals surface area contributed by atoms with Crippen LogP contribution in [0.3, 0.4) is 0 Å². The average Bonchev–Trinajstić information content (AvgIpc) is 3.13. The van der Waals surface area contributed by atoms with Gasteiger partial charge in [-0.15, -0.1) is 0 Å². The number of methoxy groups -OCH3 is 1. The number of esters is 3. The first kappa shape index (κ1) is 33.5. The standard InChI is InChI=1S/C40H36O8/c1-44-40(43)36-26-35(47-38(41)24-16-29-12-18-33(19-13-29)45-27-31-8-4-2-5-9-31)22-23-37(36)48-39(42)25-17-30-14-20-34(21-15-30)46-28-32-10-6-3-7-11-32/h2-15,18-23,26H,16-17,24-25,27-28H2,1H3. The summed E-state index contributed by atoms with van der Waals surface area (Å²) < 4.78 is 27.5. The highest BCUT2D eigenvalue weighted by Gasteiger charge is 2.19. The molecule has 0 atom stereocenters. The van der Waals surface area contributed by atoms with Gasteiger partial charge in [0.2, 0.25) is 0 Å². The number of carbonyl (C=O) groups excluding carboxylic acids is 3. The van der Waals surface area contributed by atoms with Gasteiger partial charge in [0.15, 0.2) is 0 Å². The molecule has 0 bridgehead atoms. The van der Waals surface area contributed by atoms with E-state index < -0.39 is 17.9 Å². The molecule has 0 unspecified atom stereocenters. The molecule has 5 rings (SSSR count). The predicted molar refractivity (Wildman–Crippen MR) is 180 cm³/mol. The van der Waals surface area contributed by atoms with Gasteiger partial charge in [-0.25, -0.2) is 4.79 Å². The maximum Gasteiger partial charge on any atom is 0.341 e. The van der Waals surface area contributed by atoms with Gasteiger partial charge in [0.05, 0.1) is 7.11 Å². The van der Waals surface area contributed by atoms with Gasteiger partial charge in [0.25, 0.3) is 0 Å². The highest BCUT2D eigenvalue weighted by Crippen LogP contribution is 2.27. The summed E-state index contributed by atoms with van der Waals surface area (Å²) in [6, 6.07) is 39.1. The van der Waals surface area contributed by atoms with Crippen molar-refractivity contribution in [1.82, 2.24) is 0 Å². The van der Waals surface area contributed by atoms with Crippen LogP contribution in [-0.4, -0.2) is 25.0 Å². The minimum Gasteiger partial charge on any atom is -0.489 e. The third-order valence-electron chi connectivity index (χ3n) is 7.39. The second-order valence-electron chi connectivity index (χ2n) is 10.9. The van der Waals surface area contributed by atoms with Crippen molar-refractivity contribution in [3.8, 4) is 23.0 Å². The molecule has 0 spiro atoms. The molecule has 48 heavy (non-hydrogen) atoms. The SMILES string of the molecule is COC(=O)c1cc(OC(=O)CCc2ccc(OCc3ccccc3)cc2)ccc1OC(=O)CCc1ccc(OCc2ccccc2)cc1. The highest BCUT2D eigenvalue weighted by molar-refractivity contribution is 5.94.